The molecule has 0 bridgehead atoms. The first-order valence-corrected chi connectivity index (χ1v) is 5.48. The van der Waals surface area contributed by atoms with E-state index in [-0.39, 0.29) is 12.1 Å². The van der Waals surface area contributed by atoms with Crippen molar-refractivity contribution in [3.05, 3.63) is 35.9 Å². The van der Waals surface area contributed by atoms with E-state index in [0.29, 0.717) is 0 Å². The van der Waals surface area contributed by atoms with Crippen molar-refractivity contribution < 1.29 is 4.74 Å². The van der Waals surface area contributed by atoms with Crippen molar-refractivity contribution in [2.24, 2.45) is 5.73 Å². The maximum absolute atomic E-state index is 6.12. The Labute approximate surface area is 90.6 Å². The van der Waals surface area contributed by atoms with E-state index in [4.69, 9.17) is 10.5 Å². The van der Waals surface area contributed by atoms with E-state index < -0.39 is 0 Å². The molecule has 82 valence electrons. The maximum atomic E-state index is 6.12. The molecule has 0 radical (unpaired) electrons. The predicted molar refractivity (Wildman–Crippen MR) is 60.7 cm³/mol. The van der Waals surface area contributed by atoms with E-state index in [1.165, 1.54) is 5.56 Å². The first-order valence-electron chi connectivity index (χ1n) is 5.48. The van der Waals surface area contributed by atoms with Crippen LogP contribution >= 0.6 is 0 Å². The molecule has 3 nitrogen and oxygen atoms in total. The van der Waals surface area contributed by atoms with Gasteiger partial charge in [-0.15, -0.1) is 0 Å². The summed E-state index contributed by atoms with van der Waals surface area (Å²) >= 11 is 0. The fourth-order valence-corrected chi connectivity index (χ4v) is 1.88. The van der Waals surface area contributed by atoms with Gasteiger partial charge in [0.1, 0.15) is 0 Å². The molecule has 0 aliphatic carbocycles. The van der Waals surface area contributed by atoms with Gasteiger partial charge in [0.05, 0.1) is 12.7 Å². The third-order valence-corrected chi connectivity index (χ3v) is 2.75. The molecule has 0 amide bonds. The highest BCUT2D eigenvalue weighted by Crippen LogP contribution is 2.07. The van der Waals surface area contributed by atoms with Crippen molar-refractivity contribution in [2.75, 3.05) is 19.7 Å². The topological polar surface area (TPSA) is 47.3 Å². The van der Waals surface area contributed by atoms with Crippen LogP contribution in [0.15, 0.2) is 30.3 Å². The summed E-state index contributed by atoms with van der Waals surface area (Å²) in [6, 6.07) is 10.4. The highest BCUT2D eigenvalue weighted by Gasteiger charge is 2.20. The van der Waals surface area contributed by atoms with E-state index in [1.54, 1.807) is 0 Å². The van der Waals surface area contributed by atoms with E-state index >= 15 is 0 Å². The average molecular weight is 206 g/mol. The Balaban J connectivity index is 1.88. The average Bonchev–Trinajstić information content (AvgIpc) is 2.31. The van der Waals surface area contributed by atoms with E-state index in [9.17, 15) is 0 Å². The molecule has 1 unspecified atom stereocenters. The molecule has 2 atom stereocenters. The number of hydrogen-bond acceptors (Lipinski definition) is 3. The monoisotopic (exact) mass is 206 g/mol. The SMILES string of the molecule is NC(Cc1ccccc1)[C@H]1CNCCO1. The Morgan fingerprint density at radius 1 is 1.40 bits per heavy atom. The van der Waals surface area contributed by atoms with Gasteiger partial charge < -0.3 is 15.8 Å². The second kappa shape index (κ2) is 5.26. The fourth-order valence-electron chi connectivity index (χ4n) is 1.88. The van der Waals surface area contributed by atoms with Crippen LogP contribution in [-0.4, -0.2) is 31.8 Å². The highest BCUT2D eigenvalue weighted by atomic mass is 16.5. The highest BCUT2D eigenvalue weighted by molar-refractivity contribution is 5.16. The number of morpholine rings is 1. The van der Waals surface area contributed by atoms with Crippen molar-refractivity contribution in [3.63, 3.8) is 0 Å². The van der Waals surface area contributed by atoms with Crippen LogP contribution < -0.4 is 11.1 Å². The zero-order valence-electron chi connectivity index (χ0n) is 8.86. The lowest BCUT2D eigenvalue weighted by Gasteiger charge is -2.28. The molecule has 1 heterocycles. The molecule has 3 N–H and O–H groups in total. The molecular formula is C12H18N2O. The third kappa shape index (κ3) is 3.02. The summed E-state index contributed by atoms with van der Waals surface area (Å²) in [7, 11) is 0. The quantitative estimate of drug-likeness (QED) is 0.759. The minimum atomic E-state index is 0.0835. The summed E-state index contributed by atoms with van der Waals surface area (Å²) in [5.74, 6) is 0. The van der Waals surface area contributed by atoms with Gasteiger partial charge in [-0.2, -0.15) is 0 Å². The lowest BCUT2D eigenvalue weighted by molar-refractivity contribution is 0.0127. The molecule has 0 aromatic heterocycles. The van der Waals surface area contributed by atoms with E-state index in [2.05, 4.69) is 17.4 Å². The van der Waals surface area contributed by atoms with Crippen molar-refractivity contribution in [2.45, 2.75) is 18.6 Å². The van der Waals surface area contributed by atoms with Crippen LogP contribution in [0.1, 0.15) is 5.56 Å². The van der Waals surface area contributed by atoms with Crippen LogP contribution in [0.25, 0.3) is 0 Å². The van der Waals surface area contributed by atoms with Gasteiger partial charge in [0, 0.05) is 19.1 Å². The van der Waals surface area contributed by atoms with Crippen LogP contribution in [0.5, 0.6) is 0 Å². The van der Waals surface area contributed by atoms with Gasteiger partial charge in [0.2, 0.25) is 0 Å². The van der Waals surface area contributed by atoms with E-state index in [1.807, 2.05) is 18.2 Å². The van der Waals surface area contributed by atoms with Gasteiger partial charge in [-0.3, -0.25) is 0 Å². The summed E-state index contributed by atoms with van der Waals surface area (Å²) in [5, 5.41) is 3.30. The lowest BCUT2D eigenvalue weighted by atomic mass is 10.0. The van der Waals surface area contributed by atoms with Gasteiger partial charge in [0.15, 0.2) is 0 Å². The number of nitrogens with one attached hydrogen (secondary N) is 1. The fraction of sp³-hybridized carbons (Fsp3) is 0.500. The zero-order chi connectivity index (χ0) is 10.5. The smallest absolute Gasteiger partial charge is 0.0853 e. The number of ether oxygens (including phenoxy) is 1. The van der Waals surface area contributed by atoms with Gasteiger partial charge in [-0.05, 0) is 12.0 Å². The predicted octanol–water partition coefficient (Wildman–Crippen LogP) is 0.545. The standard InChI is InChI=1S/C12H18N2O/c13-11(12-9-14-6-7-15-12)8-10-4-2-1-3-5-10/h1-5,11-12,14H,6-9,13H2/t11?,12-/m1/s1. The van der Waals surface area contributed by atoms with Gasteiger partial charge >= 0.3 is 0 Å². The van der Waals surface area contributed by atoms with E-state index in [0.717, 1.165) is 26.1 Å². The summed E-state index contributed by atoms with van der Waals surface area (Å²) < 4.78 is 5.62. The van der Waals surface area contributed by atoms with Gasteiger partial charge in [0.25, 0.3) is 0 Å². The first kappa shape index (κ1) is 10.6. The molecule has 2 rings (SSSR count). The molecule has 1 fully saturated rings. The van der Waals surface area contributed by atoms with Crippen LogP contribution in [-0.2, 0) is 11.2 Å². The maximum Gasteiger partial charge on any atom is 0.0853 e. The van der Waals surface area contributed by atoms with Crippen molar-refractivity contribution in [1.82, 2.24) is 5.32 Å². The van der Waals surface area contributed by atoms with Crippen LogP contribution in [0.4, 0.5) is 0 Å². The second-order valence-electron chi connectivity index (χ2n) is 3.97. The Kier molecular flexibility index (Phi) is 3.72. The minimum Gasteiger partial charge on any atom is -0.374 e. The Morgan fingerprint density at radius 2 is 2.20 bits per heavy atom. The normalized spacial score (nSPS) is 23.7. The number of nitrogens with two attached hydrogens (primary N) is 1. The summed E-state index contributed by atoms with van der Waals surface area (Å²) in [6.45, 7) is 2.58. The molecule has 1 aliphatic heterocycles. The molecule has 1 saturated heterocycles. The Hall–Kier alpha value is -0.900. The van der Waals surface area contributed by atoms with Crippen LogP contribution in [0.2, 0.25) is 0 Å². The molecular weight excluding hydrogens is 188 g/mol. The van der Waals surface area contributed by atoms with Gasteiger partial charge in [-0.1, -0.05) is 30.3 Å². The minimum absolute atomic E-state index is 0.0835. The molecule has 0 spiro atoms. The largest absolute Gasteiger partial charge is 0.374 e. The van der Waals surface area contributed by atoms with Crippen molar-refractivity contribution >= 4 is 0 Å². The zero-order valence-corrected chi connectivity index (χ0v) is 8.86. The molecule has 1 aromatic carbocycles. The van der Waals surface area contributed by atoms with Crippen LogP contribution in [0, 0.1) is 0 Å². The van der Waals surface area contributed by atoms with Crippen LogP contribution in [0.3, 0.4) is 0 Å². The lowest BCUT2D eigenvalue weighted by Crippen LogP contribution is -2.49. The van der Waals surface area contributed by atoms with Crippen molar-refractivity contribution in [1.29, 1.82) is 0 Å². The summed E-state index contributed by atoms with van der Waals surface area (Å²) in [5.41, 5.74) is 7.39. The summed E-state index contributed by atoms with van der Waals surface area (Å²) in [6.07, 6.45) is 1.03. The molecule has 0 saturated carbocycles. The number of hydrogen-bond donors (Lipinski definition) is 2. The molecule has 15 heavy (non-hydrogen) atoms. The number of benzene rings is 1. The Bertz CT molecular complexity index is 283. The van der Waals surface area contributed by atoms with Crippen molar-refractivity contribution in [3.8, 4) is 0 Å². The summed E-state index contributed by atoms with van der Waals surface area (Å²) in [4.78, 5) is 0. The first-order chi connectivity index (χ1) is 7.36. The number of rotatable bonds is 3. The molecule has 1 aliphatic rings. The Morgan fingerprint density at radius 3 is 2.87 bits per heavy atom. The third-order valence-electron chi connectivity index (χ3n) is 2.75. The second-order valence-corrected chi connectivity index (χ2v) is 3.97. The van der Waals surface area contributed by atoms with Gasteiger partial charge in [-0.25, -0.2) is 0 Å². The molecule has 1 aromatic rings. The molecule has 3 heteroatoms.